The van der Waals surface area contributed by atoms with Crippen LogP contribution in [0.15, 0.2) is 18.5 Å². The molecule has 1 rings (SSSR count). The quantitative estimate of drug-likeness (QED) is 0.759. The predicted molar refractivity (Wildman–Crippen MR) is 63.5 cm³/mol. The Morgan fingerprint density at radius 3 is 2.93 bits per heavy atom. The van der Waals surface area contributed by atoms with Gasteiger partial charge in [-0.15, -0.1) is 11.8 Å². The maximum atomic E-state index is 4.10. The molecule has 0 fully saturated rings. The van der Waals surface area contributed by atoms with Gasteiger partial charge in [0.25, 0.3) is 0 Å². The van der Waals surface area contributed by atoms with Crippen molar-refractivity contribution in [2.45, 2.75) is 33.2 Å². The number of aryl methyl sites for hydroxylation is 1. The first kappa shape index (κ1) is 11.7. The molecule has 0 bridgehead atoms. The van der Waals surface area contributed by atoms with Crippen LogP contribution >= 0.6 is 0 Å². The minimum atomic E-state index is 0.324. The smallest absolute Gasteiger partial charge is 0.0434 e. The summed E-state index contributed by atoms with van der Waals surface area (Å²) < 4.78 is 0. The summed E-state index contributed by atoms with van der Waals surface area (Å²) in [5, 5.41) is 3.44. The maximum absolute atomic E-state index is 4.10. The van der Waals surface area contributed by atoms with Crippen LogP contribution in [0.5, 0.6) is 0 Å². The molecule has 1 aromatic heterocycles. The Balaban J connectivity index is 2.86. The number of aromatic nitrogens is 1. The molecule has 15 heavy (non-hydrogen) atoms. The van der Waals surface area contributed by atoms with E-state index in [0.717, 1.165) is 13.0 Å². The molecule has 0 amide bonds. The maximum Gasteiger partial charge on any atom is 0.0434 e. The van der Waals surface area contributed by atoms with Gasteiger partial charge in [-0.3, -0.25) is 4.98 Å². The van der Waals surface area contributed by atoms with Crippen molar-refractivity contribution in [2.75, 3.05) is 6.54 Å². The molecule has 1 heterocycles. The highest BCUT2D eigenvalue weighted by molar-refractivity contribution is 5.26. The van der Waals surface area contributed by atoms with E-state index >= 15 is 0 Å². The zero-order valence-electron chi connectivity index (χ0n) is 9.67. The average molecular weight is 202 g/mol. The van der Waals surface area contributed by atoms with E-state index < -0.39 is 0 Å². The van der Waals surface area contributed by atoms with Gasteiger partial charge in [-0.25, -0.2) is 0 Å². The average Bonchev–Trinajstić information content (AvgIpc) is 2.25. The Labute approximate surface area is 92.1 Å². The molecular weight excluding hydrogens is 184 g/mol. The summed E-state index contributed by atoms with van der Waals surface area (Å²) in [7, 11) is 0. The Morgan fingerprint density at radius 1 is 1.53 bits per heavy atom. The fourth-order valence-corrected chi connectivity index (χ4v) is 1.62. The lowest BCUT2D eigenvalue weighted by Gasteiger charge is -2.17. The first-order valence-electron chi connectivity index (χ1n) is 5.33. The Bertz CT molecular complexity index is 360. The fourth-order valence-electron chi connectivity index (χ4n) is 1.62. The molecule has 0 saturated carbocycles. The summed E-state index contributed by atoms with van der Waals surface area (Å²) in [5.41, 5.74) is 2.52. The van der Waals surface area contributed by atoms with Crippen molar-refractivity contribution in [3.63, 3.8) is 0 Å². The number of rotatable bonds is 4. The van der Waals surface area contributed by atoms with Gasteiger partial charge in [0.05, 0.1) is 0 Å². The van der Waals surface area contributed by atoms with E-state index in [9.17, 15) is 0 Å². The molecule has 1 N–H and O–H groups in total. The Kier molecular flexibility index (Phi) is 4.86. The van der Waals surface area contributed by atoms with E-state index in [2.05, 4.69) is 42.1 Å². The van der Waals surface area contributed by atoms with Gasteiger partial charge in [0, 0.05) is 24.9 Å². The molecule has 0 aliphatic carbocycles. The molecule has 2 nitrogen and oxygen atoms in total. The van der Waals surface area contributed by atoms with Crippen molar-refractivity contribution in [1.29, 1.82) is 0 Å². The van der Waals surface area contributed by atoms with Crippen LogP contribution in [0.1, 0.15) is 37.4 Å². The molecule has 0 aromatic carbocycles. The summed E-state index contributed by atoms with van der Waals surface area (Å²) in [6.07, 6.45) is 4.60. The second-order valence-corrected chi connectivity index (χ2v) is 3.47. The summed E-state index contributed by atoms with van der Waals surface area (Å²) in [4.78, 5) is 4.10. The van der Waals surface area contributed by atoms with Crippen molar-refractivity contribution >= 4 is 0 Å². The zero-order valence-corrected chi connectivity index (χ0v) is 9.67. The Hall–Kier alpha value is -1.33. The predicted octanol–water partition coefficient (Wildman–Crippen LogP) is 2.45. The van der Waals surface area contributed by atoms with E-state index in [0.29, 0.717) is 6.04 Å². The molecular formula is C13H18N2. The van der Waals surface area contributed by atoms with Crippen LogP contribution in [0, 0.1) is 18.8 Å². The van der Waals surface area contributed by atoms with Gasteiger partial charge in [-0.1, -0.05) is 6.92 Å². The topological polar surface area (TPSA) is 24.9 Å². The molecule has 0 aliphatic heterocycles. The lowest BCUT2D eigenvalue weighted by molar-refractivity contribution is 0.562. The molecule has 2 heteroatoms. The van der Waals surface area contributed by atoms with Crippen LogP contribution in [0.25, 0.3) is 0 Å². The van der Waals surface area contributed by atoms with Crippen LogP contribution in [-0.2, 0) is 0 Å². The van der Waals surface area contributed by atoms with Crippen molar-refractivity contribution < 1.29 is 0 Å². The fraction of sp³-hybridized carbons (Fsp3) is 0.462. The minimum Gasteiger partial charge on any atom is -0.309 e. The number of hydrogen-bond donors (Lipinski definition) is 1. The lowest BCUT2D eigenvalue weighted by atomic mass is 10.0. The van der Waals surface area contributed by atoms with Gasteiger partial charge in [-0.05, 0) is 37.6 Å². The second-order valence-electron chi connectivity index (χ2n) is 3.47. The van der Waals surface area contributed by atoms with E-state index in [1.807, 2.05) is 19.3 Å². The van der Waals surface area contributed by atoms with Crippen LogP contribution in [0.2, 0.25) is 0 Å². The molecule has 1 unspecified atom stereocenters. The number of hydrogen-bond acceptors (Lipinski definition) is 2. The van der Waals surface area contributed by atoms with Crippen molar-refractivity contribution in [2.24, 2.45) is 0 Å². The van der Waals surface area contributed by atoms with E-state index in [-0.39, 0.29) is 0 Å². The van der Waals surface area contributed by atoms with Crippen LogP contribution < -0.4 is 5.32 Å². The highest BCUT2D eigenvalue weighted by Crippen LogP contribution is 2.18. The SMILES string of the molecule is CC#CCC(NCC)c1ccncc1C. The first-order chi connectivity index (χ1) is 7.29. The zero-order chi connectivity index (χ0) is 11.1. The summed E-state index contributed by atoms with van der Waals surface area (Å²) >= 11 is 0. The van der Waals surface area contributed by atoms with Gasteiger partial charge in [0.15, 0.2) is 0 Å². The molecule has 0 aliphatic rings. The van der Waals surface area contributed by atoms with Crippen molar-refractivity contribution in [3.05, 3.63) is 29.6 Å². The monoisotopic (exact) mass is 202 g/mol. The highest BCUT2D eigenvalue weighted by atomic mass is 14.9. The standard InChI is InChI=1S/C13H18N2/c1-4-6-7-13(15-5-2)12-8-9-14-10-11(12)3/h8-10,13,15H,5,7H2,1-3H3. The van der Waals surface area contributed by atoms with E-state index in [1.54, 1.807) is 0 Å². The summed E-state index contributed by atoms with van der Waals surface area (Å²) in [6.45, 7) is 7.04. The third kappa shape index (κ3) is 3.38. The molecule has 80 valence electrons. The van der Waals surface area contributed by atoms with E-state index in [4.69, 9.17) is 0 Å². The van der Waals surface area contributed by atoms with Gasteiger partial charge in [0.2, 0.25) is 0 Å². The number of nitrogens with one attached hydrogen (secondary N) is 1. The van der Waals surface area contributed by atoms with Gasteiger partial charge in [0.1, 0.15) is 0 Å². The minimum absolute atomic E-state index is 0.324. The van der Waals surface area contributed by atoms with Crippen molar-refractivity contribution in [1.82, 2.24) is 10.3 Å². The summed E-state index contributed by atoms with van der Waals surface area (Å²) in [5.74, 6) is 6.07. The van der Waals surface area contributed by atoms with Crippen LogP contribution in [0.4, 0.5) is 0 Å². The third-order valence-electron chi connectivity index (χ3n) is 2.37. The molecule has 0 saturated heterocycles. The molecule has 0 spiro atoms. The van der Waals surface area contributed by atoms with E-state index in [1.165, 1.54) is 11.1 Å². The first-order valence-corrected chi connectivity index (χ1v) is 5.33. The van der Waals surface area contributed by atoms with Gasteiger partial charge >= 0.3 is 0 Å². The number of nitrogens with zero attached hydrogens (tertiary/aromatic N) is 1. The molecule has 0 radical (unpaired) electrons. The molecule has 1 atom stereocenters. The molecule has 1 aromatic rings. The third-order valence-corrected chi connectivity index (χ3v) is 2.37. The normalized spacial score (nSPS) is 11.7. The van der Waals surface area contributed by atoms with Gasteiger partial charge in [-0.2, -0.15) is 0 Å². The highest BCUT2D eigenvalue weighted by Gasteiger charge is 2.10. The Morgan fingerprint density at radius 2 is 2.33 bits per heavy atom. The second kappa shape index (κ2) is 6.21. The number of pyridine rings is 1. The van der Waals surface area contributed by atoms with Gasteiger partial charge < -0.3 is 5.32 Å². The lowest BCUT2D eigenvalue weighted by Crippen LogP contribution is -2.21. The summed E-state index contributed by atoms with van der Waals surface area (Å²) in [6, 6.07) is 2.39. The largest absolute Gasteiger partial charge is 0.309 e. The van der Waals surface area contributed by atoms with Crippen LogP contribution in [0.3, 0.4) is 0 Å². The van der Waals surface area contributed by atoms with Crippen molar-refractivity contribution in [3.8, 4) is 11.8 Å². The van der Waals surface area contributed by atoms with Crippen LogP contribution in [-0.4, -0.2) is 11.5 Å².